The third-order valence-electron chi connectivity index (χ3n) is 5.01. The maximum absolute atomic E-state index is 12.6. The van der Waals surface area contributed by atoms with Crippen LogP contribution in [0.5, 0.6) is 11.5 Å². The van der Waals surface area contributed by atoms with Gasteiger partial charge >= 0.3 is 6.09 Å². The fourth-order valence-electron chi connectivity index (χ4n) is 3.43. The Bertz CT molecular complexity index is 1190. The summed E-state index contributed by atoms with van der Waals surface area (Å²) in [6.07, 6.45) is -0.175. The number of carbonyl (C=O) groups is 2. The van der Waals surface area contributed by atoms with Gasteiger partial charge in [0.2, 0.25) is 5.91 Å². The van der Waals surface area contributed by atoms with E-state index in [9.17, 15) is 9.59 Å². The van der Waals surface area contributed by atoms with E-state index in [0.717, 1.165) is 16.7 Å². The van der Waals surface area contributed by atoms with E-state index in [2.05, 4.69) is 22.3 Å². The fourth-order valence-corrected chi connectivity index (χ4v) is 3.43. The molecule has 2 amide bonds. The number of amides is 2. The second-order valence-electron chi connectivity index (χ2n) is 8.65. The smallest absolute Gasteiger partial charge is 0.419 e. The second-order valence-corrected chi connectivity index (χ2v) is 8.65. The molecule has 2 aromatic carbocycles. The molecule has 0 saturated carbocycles. The molecular weight excluding hydrogens is 434 g/mol. The predicted molar refractivity (Wildman–Crippen MR) is 131 cm³/mol. The highest BCUT2D eigenvalue weighted by molar-refractivity contribution is 6.20. The molecule has 0 aromatic heterocycles. The standard InChI is InChI=1S/C26H29N3O5/c1-26(2,3)34-25(31)27-12-8-10-17-9-7-11-18(13-17)24-19-14-21(32-5)22(33-6)15-20(19)29(4)23(30)16-28-24/h7,9,11,13-15H,10,16H2,1-6H3,(H,27,31). The summed E-state index contributed by atoms with van der Waals surface area (Å²) < 4.78 is 16.1. The Morgan fingerprint density at radius 3 is 2.53 bits per heavy atom. The van der Waals surface area contributed by atoms with Gasteiger partial charge in [-0.2, -0.15) is 0 Å². The van der Waals surface area contributed by atoms with Crippen LogP contribution in [-0.2, 0) is 16.0 Å². The number of hydrogen-bond donors (Lipinski definition) is 1. The van der Waals surface area contributed by atoms with E-state index in [1.165, 1.54) is 0 Å². The van der Waals surface area contributed by atoms with Crippen molar-refractivity contribution in [1.29, 1.82) is 0 Å². The van der Waals surface area contributed by atoms with Crippen LogP contribution in [0, 0.1) is 12.0 Å². The Labute approximate surface area is 199 Å². The quantitative estimate of drug-likeness (QED) is 0.553. The molecule has 3 rings (SSSR count). The highest BCUT2D eigenvalue weighted by Crippen LogP contribution is 2.37. The van der Waals surface area contributed by atoms with E-state index in [0.29, 0.717) is 29.3 Å². The Balaban J connectivity index is 1.89. The molecule has 0 fully saturated rings. The van der Waals surface area contributed by atoms with E-state index in [4.69, 9.17) is 14.2 Å². The van der Waals surface area contributed by atoms with Crippen molar-refractivity contribution in [1.82, 2.24) is 5.32 Å². The van der Waals surface area contributed by atoms with Crippen LogP contribution >= 0.6 is 0 Å². The molecule has 0 atom stereocenters. The lowest BCUT2D eigenvalue weighted by Crippen LogP contribution is -2.29. The molecule has 0 spiro atoms. The first-order valence-corrected chi connectivity index (χ1v) is 10.8. The lowest BCUT2D eigenvalue weighted by molar-refractivity contribution is -0.116. The molecule has 1 N–H and O–H groups in total. The Morgan fingerprint density at radius 1 is 1.15 bits per heavy atom. The highest BCUT2D eigenvalue weighted by atomic mass is 16.6. The molecule has 0 bridgehead atoms. The summed E-state index contributed by atoms with van der Waals surface area (Å²) in [5, 5.41) is 2.43. The molecule has 178 valence electrons. The Hall–Kier alpha value is -3.99. The zero-order valence-electron chi connectivity index (χ0n) is 20.3. The van der Waals surface area contributed by atoms with Crippen LogP contribution in [0.25, 0.3) is 0 Å². The third-order valence-corrected chi connectivity index (χ3v) is 5.01. The molecule has 0 aliphatic carbocycles. The zero-order chi connectivity index (χ0) is 24.9. The van der Waals surface area contributed by atoms with E-state index < -0.39 is 11.7 Å². The van der Waals surface area contributed by atoms with E-state index in [-0.39, 0.29) is 12.5 Å². The van der Waals surface area contributed by atoms with Crippen molar-refractivity contribution in [3.63, 3.8) is 0 Å². The first kappa shape index (κ1) is 24.6. The monoisotopic (exact) mass is 463 g/mol. The maximum Gasteiger partial charge on any atom is 0.419 e. The lowest BCUT2D eigenvalue weighted by Gasteiger charge is -2.20. The minimum Gasteiger partial charge on any atom is -0.493 e. The molecule has 1 heterocycles. The van der Waals surface area contributed by atoms with Gasteiger partial charge < -0.3 is 19.1 Å². The number of nitrogens with zero attached hydrogens (tertiary/aromatic N) is 2. The van der Waals surface area contributed by atoms with Gasteiger partial charge in [-0.15, -0.1) is 0 Å². The van der Waals surface area contributed by atoms with Gasteiger partial charge in [-0.05, 0) is 38.5 Å². The summed E-state index contributed by atoms with van der Waals surface area (Å²) in [7, 11) is 4.84. The molecule has 0 radical (unpaired) electrons. The molecule has 8 nitrogen and oxygen atoms in total. The van der Waals surface area contributed by atoms with Gasteiger partial charge in [0.1, 0.15) is 12.1 Å². The number of methoxy groups -OCH3 is 2. The number of hydrogen-bond acceptors (Lipinski definition) is 6. The highest BCUT2D eigenvalue weighted by Gasteiger charge is 2.25. The summed E-state index contributed by atoms with van der Waals surface area (Å²) in [6, 6.07) is 14.0. The summed E-state index contributed by atoms with van der Waals surface area (Å²) in [4.78, 5) is 30.5. The van der Waals surface area contributed by atoms with E-state index >= 15 is 0 Å². The first-order valence-electron chi connectivity index (χ1n) is 10.8. The number of benzene rings is 2. The summed E-state index contributed by atoms with van der Waals surface area (Å²) in [5.41, 5.74) is 3.32. The van der Waals surface area contributed by atoms with Crippen molar-refractivity contribution in [2.45, 2.75) is 32.8 Å². The molecule has 2 aromatic rings. The number of benzodiazepines with no additional fused rings is 1. The van der Waals surface area contributed by atoms with Gasteiger partial charge in [0, 0.05) is 36.7 Å². The fraction of sp³-hybridized carbons (Fsp3) is 0.346. The number of rotatable bonds is 4. The molecule has 0 unspecified atom stereocenters. The first-order chi connectivity index (χ1) is 16.1. The number of fused-ring (bicyclic) bond motifs is 1. The summed E-state index contributed by atoms with van der Waals surface area (Å²) >= 11 is 0. The minimum atomic E-state index is -0.587. The van der Waals surface area contributed by atoms with Gasteiger partial charge in [-0.1, -0.05) is 24.1 Å². The molecule has 34 heavy (non-hydrogen) atoms. The normalized spacial score (nSPS) is 13.1. The number of aliphatic imine (C=N–C) groups is 1. The Kier molecular flexibility index (Phi) is 7.47. The third kappa shape index (κ3) is 5.87. The SMILES string of the molecule is COc1cc2c(cc1OC)N(C)C(=O)CN=C2c1cccc(CC#CNC(=O)OC(C)(C)C)c1. The average molecular weight is 464 g/mol. The van der Waals surface area contributed by atoms with E-state index in [1.807, 2.05) is 30.3 Å². The van der Waals surface area contributed by atoms with Gasteiger partial charge in [-0.25, -0.2) is 10.1 Å². The Morgan fingerprint density at radius 2 is 1.85 bits per heavy atom. The average Bonchev–Trinajstić information content (AvgIpc) is 2.91. The van der Waals surface area contributed by atoms with Crippen molar-refractivity contribution in [3.8, 4) is 23.5 Å². The molecular formula is C26H29N3O5. The number of likely N-dealkylation sites (N-methyl/N-ethyl adjacent to an activating group) is 1. The topological polar surface area (TPSA) is 89.5 Å². The number of alkyl carbamates (subject to hydrolysis) is 1. The van der Waals surface area contributed by atoms with Gasteiger partial charge in [0.15, 0.2) is 11.5 Å². The van der Waals surface area contributed by atoms with Crippen LogP contribution < -0.4 is 19.7 Å². The minimum absolute atomic E-state index is 0.0228. The van der Waals surface area contributed by atoms with Gasteiger partial charge in [-0.3, -0.25) is 9.79 Å². The summed E-state index contributed by atoms with van der Waals surface area (Å²) in [5.74, 6) is 3.88. The number of carbonyl (C=O) groups excluding carboxylic acids is 2. The van der Waals surface area contributed by atoms with Gasteiger partial charge in [0.05, 0.1) is 25.6 Å². The van der Waals surface area contributed by atoms with E-state index in [1.54, 1.807) is 53.0 Å². The predicted octanol–water partition coefficient (Wildman–Crippen LogP) is 3.55. The number of ether oxygens (including phenoxy) is 3. The number of anilines is 1. The van der Waals surface area contributed by atoms with Crippen LogP contribution in [-0.4, -0.2) is 51.1 Å². The van der Waals surface area contributed by atoms with Crippen LogP contribution in [0.15, 0.2) is 41.4 Å². The van der Waals surface area contributed by atoms with Gasteiger partial charge in [0.25, 0.3) is 0 Å². The van der Waals surface area contributed by atoms with Crippen molar-refractivity contribution in [2.24, 2.45) is 4.99 Å². The largest absolute Gasteiger partial charge is 0.493 e. The maximum atomic E-state index is 12.6. The van der Waals surface area contributed by atoms with Crippen LogP contribution in [0.2, 0.25) is 0 Å². The van der Waals surface area contributed by atoms with Crippen molar-refractivity contribution < 1.29 is 23.8 Å². The molecule has 1 aliphatic rings. The van der Waals surface area contributed by atoms with Crippen molar-refractivity contribution in [2.75, 3.05) is 32.7 Å². The van der Waals surface area contributed by atoms with Crippen LogP contribution in [0.3, 0.4) is 0 Å². The molecule has 0 saturated heterocycles. The van der Waals surface area contributed by atoms with Crippen molar-refractivity contribution >= 4 is 23.4 Å². The second kappa shape index (κ2) is 10.3. The lowest BCUT2D eigenvalue weighted by atomic mass is 9.97. The molecule has 8 heteroatoms. The zero-order valence-corrected chi connectivity index (χ0v) is 20.3. The number of nitrogens with one attached hydrogen (secondary N) is 1. The van der Waals surface area contributed by atoms with Crippen LogP contribution in [0.4, 0.5) is 10.5 Å². The van der Waals surface area contributed by atoms with Crippen molar-refractivity contribution in [3.05, 3.63) is 53.1 Å². The molecule has 1 aliphatic heterocycles. The van der Waals surface area contributed by atoms with Crippen LogP contribution in [0.1, 0.15) is 37.5 Å². The summed E-state index contributed by atoms with van der Waals surface area (Å²) in [6.45, 7) is 5.39.